The Bertz CT molecular complexity index is 407. The van der Waals surface area contributed by atoms with Crippen molar-refractivity contribution < 1.29 is 9.59 Å². The van der Waals surface area contributed by atoms with Crippen LogP contribution in [0.2, 0.25) is 0 Å². The molecule has 0 radical (unpaired) electrons. The zero-order valence-electron chi connectivity index (χ0n) is 7.49. The summed E-state index contributed by atoms with van der Waals surface area (Å²) in [6.07, 6.45) is 1.66. The Kier molecular flexibility index (Phi) is 2.14. The van der Waals surface area contributed by atoms with Gasteiger partial charge in [-0.05, 0) is 11.6 Å². The lowest BCUT2D eigenvalue weighted by Gasteiger charge is -1.95. The predicted octanol–water partition coefficient (Wildman–Crippen LogP) is 1.12. The van der Waals surface area contributed by atoms with Crippen LogP contribution in [0, 0.1) is 0 Å². The first-order valence-electron chi connectivity index (χ1n) is 4.35. The fraction of sp³-hybridized carbons (Fsp3) is 0.0909. The molecule has 2 rings (SSSR count). The van der Waals surface area contributed by atoms with E-state index in [1.54, 1.807) is 6.08 Å². The molecule has 1 fully saturated rings. The molecule has 3 heteroatoms. The molecule has 3 nitrogen and oxygen atoms in total. The van der Waals surface area contributed by atoms with Gasteiger partial charge in [-0.3, -0.25) is 9.59 Å². The van der Waals surface area contributed by atoms with Crippen LogP contribution in [0.3, 0.4) is 0 Å². The highest BCUT2D eigenvalue weighted by atomic mass is 16.2. The van der Waals surface area contributed by atoms with Gasteiger partial charge in [0.1, 0.15) is 0 Å². The van der Waals surface area contributed by atoms with Crippen molar-refractivity contribution in [1.29, 1.82) is 0 Å². The highest BCUT2D eigenvalue weighted by Gasteiger charge is 2.23. The number of hydrogen-bond acceptors (Lipinski definition) is 2. The molecule has 0 aromatic heterocycles. The maximum absolute atomic E-state index is 11.2. The maximum Gasteiger partial charge on any atom is 0.232 e. The second-order valence-electron chi connectivity index (χ2n) is 3.12. The van der Waals surface area contributed by atoms with Crippen molar-refractivity contribution >= 4 is 17.8 Å². The lowest BCUT2D eigenvalue weighted by molar-refractivity contribution is -0.121. The Morgan fingerprint density at radius 3 is 2.43 bits per heavy atom. The monoisotopic (exact) mass is 187 g/mol. The van der Waals surface area contributed by atoms with E-state index >= 15 is 0 Å². The van der Waals surface area contributed by atoms with Crippen molar-refractivity contribution in [2.24, 2.45) is 0 Å². The van der Waals surface area contributed by atoms with Gasteiger partial charge in [-0.1, -0.05) is 30.3 Å². The van der Waals surface area contributed by atoms with E-state index in [-0.39, 0.29) is 18.1 Å². The van der Waals surface area contributed by atoms with E-state index in [2.05, 4.69) is 5.32 Å². The minimum atomic E-state index is -0.225. The smallest absolute Gasteiger partial charge is 0.232 e. The van der Waals surface area contributed by atoms with Crippen LogP contribution in [0.25, 0.3) is 6.08 Å². The molecule has 1 amide bonds. The number of nitrogens with one attached hydrogen (secondary N) is 1. The molecule has 1 aromatic rings. The quantitative estimate of drug-likeness (QED) is 0.529. The van der Waals surface area contributed by atoms with Crippen LogP contribution in [-0.4, -0.2) is 11.7 Å². The van der Waals surface area contributed by atoms with Gasteiger partial charge < -0.3 is 5.32 Å². The second kappa shape index (κ2) is 3.46. The Labute approximate surface area is 81.4 Å². The standard InChI is InChI=1S/C11H9NO2/c13-10-7-11(14)12-9(10)6-8-4-2-1-3-5-8/h1-6H,7H2,(H,12,14)/b9-6-. The molecule has 70 valence electrons. The van der Waals surface area contributed by atoms with E-state index in [9.17, 15) is 9.59 Å². The van der Waals surface area contributed by atoms with Crippen LogP contribution in [0.5, 0.6) is 0 Å². The fourth-order valence-electron chi connectivity index (χ4n) is 1.34. The van der Waals surface area contributed by atoms with Gasteiger partial charge in [-0.25, -0.2) is 0 Å². The number of allylic oxidation sites excluding steroid dienone is 1. The summed E-state index contributed by atoms with van der Waals surface area (Å²) in [5, 5.41) is 2.52. The zero-order valence-corrected chi connectivity index (χ0v) is 7.49. The maximum atomic E-state index is 11.2. The minimum absolute atomic E-state index is 0.0291. The number of benzene rings is 1. The van der Waals surface area contributed by atoms with Gasteiger partial charge in [-0.2, -0.15) is 0 Å². The summed E-state index contributed by atoms with van der Waals surface area (Å²) in [6, 6.07) is 9.42. The van der Waals surface area contributed by atoms with Crippen LogP contribution in [0.4, 0.5) is 0 Å². The fourth-order valence-corrected chi connectivity index (χ4v) is 1.34. The molecule has 0 spiro atoms. The molecule has 1 saturated heterocycles. The second-order valence-corrected chi connectivity index (χ2v) is 3.12. The number of Topliss-reactive ketones (excluding diaryl/α,β-unsaturated/α-hetero) is 1. The molecule has 14 heavy (non-hydrogen) atoms. The average Bonchev–Trinajstić information content (AvgIpc) is 2.47. The first kappa shape index (κ1) is 8.69. The SMILES string of the molecule is O=C1CC(=O)/C(=C/c2ccccc2)N1. The minimum Gasteiger partial charge on any atom is -0.323 e. The molecular formula is C11H9NO2. The largest absolute Gasteiger partial charge is 0.323 e. The van der Waals surface area contributed by atoms with E-state index in [4.69, 9.17) is 0 Å². The van der Waals surface area contributed by atoms with Crippen LogP contribution in [0.15, 0.2) is 36.0 Å². The Balaban J connectivity index is 2.28. The molecule has 0 saturated carbocycles. The van der Waals surface area contributed by atoms with Crippen molar-refractivity contribution in [3.63, 3.8) is 0 Å². The number of carbonyl (C=O) groups is 2. The number of rotatable bonds is 1. The van der Waals surface area contributed by atoms with E-state index in [0.29, 0.717) is 5.70 Å². The van der Waals surface area contributed by atoms with Crippen molar-refractivity contribution in [3.8, 4) is 0 Å². The summed E-state index contributed by atoms with van der Waals surface area (Å²) in [7, 11) is 0. The van der Waals surface area contributed by atoms with Crippen LogP contribution < -0.4 is 5.32 Å². The average molecular weight is 187 g/mol. The molecule has 1 heterocycles. The summed E-state index contributed by atoms with van der Waals surface area (Å²) in [5.74, 6) is -0.365. The van der Waals surface area contributed by atoms with E-state index in [0.717, 1.165) is 5.56 Å². The van der Waals surface area contributed by atoms with E-state index < -0.39 is 0 Å². The van der Waals surface area contributed by atoms with Crippen molar-refractivity contribution in [2.45, 2.75) is 6.42 Å². The molecular weight excluding hydrogens is 178 g/mol. The summed E-state index contributed by atoms with van der Waals surface area (Å²) in [6.45, 7) is 0. The van der Waals surface area contributed by atoms with Crippen molar-refractivity contribution in [2.75, 3.05) is 0 Å². The van der Waals surface area contributed by atoms with E-state index in [1.807, 2.05) is 30.3 Å². The molecule has 1 aliphatic heterocycles. The van der Waals surface area contributed by atoms with Gasteiger partial charge in [-0.15, -0.1) is 0 Å². The predicted molar refractivity (Wildman–Crippen MR) is 52.2 cm³/mol. The third kappa shape index (κ3) is 1.71. The highest BCUT2D eigenvalue weighted by molar-refractivity contribution is 6.16. The molecule has 0 aliphatic carbocycles. The highest BCUT2D eigenvalue weighted by Crippen LogP contribution is 2.11. The number of amides is 1. The third-order valence-electron chi connectivity index (χ3n) is 2.01. The summed E-state index contributed by atoms with van der Waals surface area (Å²) >= 11 is 0. The molecule has 0 unspecified atom stereocenters. The van der Waals surface area contributed by atoms with Gasteiger partial charge >= 0.3 is 0 Å². The van der Waals surface area contributed by atoms with Gasteiger partial charge in [0.2, 0.25) is 5.91 Å². The number of carbonyl (C=O) groups excluding carboxylic acids is 2. The van der Waals surface area contributed by atoms with Crippen molar-refractivity contribution in [1.82, 2.24) is 5.32 Å². The zero-order chi connectivity index (χ0) is 9.97. The van der Waals surface area contributed by atoms with Crippen molar-refractivity contribution in [3.05, 3.63) is 41.6 Å². The Morgan fingerprint density at radius 1 is 1.14 bits per heavy atom. The third-order valence-corrected chi connectivity index (χ3v) is 2.01. The first-order valence-corrected chi connectivity index (χ1v) is 4.35. The normalized spacial score (nSPS) is 18.7. The summed E-state index contributed by atoms with van der Waals surface area (Å²) < 4.78 is 0. The molecule has 0 bridgehead atoms. The van der Waals surface area contributed by atoms with Crippen LogP contribution in [-0.2, 0) is 9.59 Å². The number of hydrogen-bond donors (Lipinski definition) is 1. The topological polar surface area (TPSA) is 46.2 Å². The van der Waals surface area contributed by atoms with Gasteiger partial charge in [0.05, 0.1) is 12.1 Å². The van der Waals surface area contributed by atoms with Gasteiger partial charge in [0, 0.05) is 0 Å². The molecule has 1 aliphatic rings. The van der Waals surface area contributed by atoms with Crippen LogP contribution >= 0.6 is 0 Å². The van der Waals surface area contributed by atoms with E-state index in [1.165, 1.54) is 0 Å². The first-order chi connectivity index (χ1) is 6.75. The molecule has 0 atom stereocenters. The van der Waals surface area contributed by atoms with Gasteiger partial charge in [0.25, 0.3) is 0 Å². The number of ketones is 1. The molecule has 1 N–H and O–H groups in total. The summed E-state index contributed by atoms with van der Waals surface area (Å²) in [5.41, 5.74) is 1.30. The lowest BCUT2D eigenvalue weighted by Crippen LogP contribution is -2.12. The summed E-state index contributed by atoms with van der Waals surface area (Å²) in [4.78, 5) is 22.1. The Morgan fingerprint density at radius 2 is 1.86 bits per heavy atom. The van der Waals surface area contributed by atoms with Crippen LogP contribution in [0.1, 0.15) is 12.0 Å². The lowest BCUT2D eigenvalue weighted by atomic mass is 10.1. The molecule has 1 aromatic carbocycles. The van der Waals surface area contributed by atoms with Gasteiger partial charge in [0.15, 0.2) is 5.78 Å². The Hall–Kier alpha value is -1.90.